The minimum atomic E-state index is -0.270. The van der Waals surface area contributed by atoms with Gasteiger partial charge in [0.15, 0.2) is 6.61 Å². The van der Waals surface area contributed by atoms with Crippen LogP contribution < -0.4 is 15.4 Å². The third-order valence-corrected chi connectivity index (χ3v) is 5.62. The Balaban J connectivity index is 1.73. The number of thiophene rings is 1. The van der Waals surface area contributed by atoms with Crippen molar-refractivity contribution >= 4 is 28.2 Å². The molecule has 0 fully saturated rings. The summed E-state index contributed by atoms with van der Waals surface area (Å²) in [6, 6.07) is 7.55. The van der Waals surface area contributed by atoms with Crippen molar-refractivity contribution in [1.29, 1.82) is 0 Å². The van der Waals surface area contributed by atoms with Crippen molar-refractivity contribution in [3.63, 3.8) is 0 Å². The molecule has 1 aliphatic carbocycles. The molecule has 142 valence electrons. The topological polar surface area (TPSA) is 67.4 Å². The number of hydrogen-bond acceptors (Lipinski definition) is 4. The van der Waals surface area contributed by atoms with E-state index in [1.54, 1.807) is 6.08 Å². The Labute approximate surface area is 163 Å². The number of anilines is 1. The van der Waals surface area contributed by atoms with Gasteiger partial charge in [-0.05, 0) is 55.9 Å². The maximum absolute atomic E-state index is 12.6. The zero-order valence-corrected chi connectivity index (χ0v) is 16.3. The third kappa shape index (κ3) is 4.77. The Hall–Kier alpha value is -2.60. The molecule has 0 unspecified atom stereocenters. The van der Waals surface area contributed by atoms with Crippen LogP contribution >= 0.6 is 11.3 Å². The van der Waals surface area contributed by atoms with Gasteiger partial charge < -0.3 is 15.4 Å². The standard InChI is InChI=1S/C21H24N2O3S/c1-3-11-22-20(25)19-16-9-4-5-10-17(16)27-21(19)23-18(24)13-26-15-8-6-7-14(2)12-15/h3,6-8,12H,1,4-5,9-11,13H2,2H3,(H,22,25)(H,23,24). The van der Waals surface area contributed by atoms with E-state index >= 15 is 0 Å². The molecule has 2 N–H and O–H groups in total. The van der Waals surface area contributed by atoms with Crippen LogP contribution in [0.4, 0.5) is 5.00 Å². The number of carbonyl (C=O) groups is 2. The summed E-state index contributed by atoms with van der Waals surface area (Å²) in [6.45, 7) is 5.90. The largest absolute Gasteiger partial charge is 0.484 e. The molecule has 1 aliphatic rings. The zero-order chi connectivity index (χ0) is 19.2. The molecule has 1 aromatic carbocycles. The number of hydrogen-bond donors (Lipinski definition) is 2. The van der Waals surface area contributed by atoms with Crippen LogP contribution in [-0.4, -0.2) is 25.0 Å². The molecule has 0 spiro atoms. The first-order valence-electron chi connectivity index (χ1n) is 9.11. The predicted octanol–water partition coefficient (Wildman–Crippen LogP) is 3.87. The molecule has 2 amide bonds. The SMILES string of the molecule is C=CCNC(=O)c1c(NC(=O)COc2cccc(C)c2)sc2c1CCCC2. The van der Waals surface area contributed by atoms with E-state index in [1.807, 2.05) is 31.2 Å². The van der Waals surface area contributed by atoms with E-state index in [0.717, 1.165) is 36.8 Å². The first-order valence-corrected chi connectivity index (χ1v) is 9.93. The Morgan fingerprint density at radius 2 is 2.11 bits per heavy atom. The molecule has 6 heteroatoms. The first-order chi connectivity index (χ1) is 13.1. The molecule has 1 aromatic heterocycles. The number of carbonyl (C=O) groups excluding carboxylic acids is 2. The second kappa shape index (κ2) is 8.86. The van der Waals surface area contributed by atoms with Gasteiger partial charge >= 0.3 is 0 Å². The van der Waals surface area contributed by atoms with Crippen LogP contribution in [0, 0.1) is 6.92 Å². The van der Waals surface area contributed by atoms with E-state index in [9.17, 15) is 9.59 Å². The summed E-state index contributed by atoms with van der Waals surface area (Å²) < 4.78 is 5.57. The number of amides is 2. The monoisotopic (exact) mass is 384 g/mol. The molecule has 0 atom stereocenters. The Morgan fingerprint density at radius 3 is 2.89 bits per heavy atom. The van der Waals surface area contributed by atoms with E-state index < -0.39 is 0 Å². The number of aryl methyl sites for hydroxylation is 2. The highest BCUT2D eigenvalue weighted by atomic mass is 32.1. The first kappa shape index (κ1) is 19.2. The Morgan fingerprint density at radius 1 is 1.30 bits per heavy atom. The van der Waals surface area contributed by atoms with Crippen molar-refractivity contribution in [3.05, 3.63) is 58.5 Å². The highest BCUT2D eigenvalue weighted by Gasteiger charge is 2.26. The van der Waals surface area contributed by atoms with Gasteiger partial charge in [-0.15, -0.1) is 17.9 Å². The lowest BCUT2D eigenvalue weighted by molar-refractivity contribution is -0.118. The van der Waals surface area contributed by atoms with Gasteiger partial charge in [-0.3, -0.25) is 9.59 Å². The van der Waals surface area contributed by atoms with Crippen LogP contribution in [0.2, 0.25) is 0 Å². The number of rotatable bonds is 7. The van der Waals surface area contributed by atoms with E-state index in [0.29, 0.717) is 22.9 Å². The molecule has 0 radical (unpaired) electrons. The molecule has 5 nitrogen and oxygen atoms in total. The van der Waals surface area contributed by atoms with E-state index in [1.165, 1.54) is 16.2 Å². The van der Waals surface area contributed by atoms with Crippen LogP contribution in [0.25, 0.3) is 0 Å². The quantitative estimate of drug-likeness (QED) is 0.712. The number of fused-ring (bicyclic) bond motifs is 1. The Kier molecular flexibility index (Phi) is 6.29. The Bertz CT molecular complexity index is 857. The predicted molar refractivity (Wildman–Crippen MR) is 109 cm³/mol. The molecule has 0 aliphatic heterocycles. The smallest absolute Gasteiger partial charge is 0.262 e. The minimum absolute atomic E-state index is 0.0975. The fraction of sp³-hybridized carbons (Fsp3) is 0.333. The van der Waals surface area contributed by atoms with Gasteiger partial charge in [0.05, 0.1) is 5.56 Å². The van der Waals surface area contributed by atoms with Gasteiger partial charge in [-0.25, -0.2) is 0 Å². The highest BCUT2D eigenvalue weighted by molar-refractivity contribution is 7.17. The average molecular weight is 385 g/mol. The van der Waals surface area contributed by atoms with Gasteiger partial charge in [0.25, 0.3) is 11.8 Å². The molecular weight excluding hydrogens is 360 g/mol. The van der Waals surface area contributed by atoms with Gasteiger partial charge in [0, 0.05) is 11.4 Å². The van der Waals surface area contributed by atoms with Crippen molar-refractivity contribution in [2.75, 3.05) is 18.5 Å². The van der Waals surface area contributed by atoms with Crippen LogP contribution in [0.15, 0.2) is 36.9 Å². The second-order valence-electron chi connectivity index (χ2n) is 6.57. The van der Waals surface area contributed by atoms with Crippen LogP contribution in [0.3, 0.4) is 0 Å². The summed E-state index contributed by atoms with van der Waals surface area (Å²) in [4.78, 5) is 26.2. The lowest BCUT2D eigenvalue weighted by Crippen LogP contribution is -2.26. The number of benzene rings is 1. The molecule has 0 saturated heterocycles. The van der Waals surface area contributed by atoms with Crippen LogP contribution in [-0.2, 0) is 17.6 Å². The molecule has 1 heterocycles. The fourth-order valence-electron chi connectivity index (χ4n) is 3.16. The maximum Gasteiger partial charge on any atom is 0.262 e. The molecule has 27 heavy (non-hydrogen) atoms. The van der Waals surface area contributed by atoms with Crippen LogP contribution in [0.1, 0.15) is 39.2 Å². The third-order valence-electron chi connectivity index (χ3n) is 4.42. The van der Waals surface area contributed by atoms with Crippen molar-refractivity contribution in [2.24, 2.45) is 0 Å². The average Bonchev–Trinajstić information content (AvgIpc) is 3.02. The summed E-state index contributed by atoms with van der Waals surface area (Å²) in [5.74, 6) is 0.219. The van der Waals surface area contributed by atoms with E-state index in [-0.39, 0.29) is 18.4 Å². The maximum atomic E-state index is 12.6. The molecule has 3 rings (SSSR count). The van der Waals surface area contributed by atoms with Crippen molar-refractivity contribution in [3.8, 4) is 5.75 Å². The zero-order valence-electron chi connectivity index (χ0n) is 15.5. The van der Waals surface area contributed by atoms with Gasteiger partial charge in [0.2, 0.25) is 0 Å². The molecule has 0 saturated carbocycles. The van der Waals surface area contributed by atoms with Gasteiger partial charge in [-0.2, -0.15) is 0 Å². The summed E-state index contributed by atoms with van der Waals surface area (Å²) in [6.07, 6.45) is 5.65. The summed E-state index contributed by atoms with van der Waals surface area (Å²) in [5.41, 5.74) is 2.74. The molecule has 0 bridgehead atoms. The summed E-state index contributed by atoms with van der Waals surface area (Å²) in [5, 5.41) is 6.32. The van der Waals surface area contributed by atoms with E-state index in [2.05, 4.69) is 17.2 Å². The van der Waals surface area contributed by atoms with Crippen molar-refractivity contribution in [1.82, 2.24) is 5.32 Å². The molecule has 2 aromatic rings. The summed E-state index contributed by atoms with van der Waals surface area (Å²) >= 11 is 1.50. The second-order valence-corrected chi connectivity index (χ2v) is 7.67. The van der Waals surface area contributed by atoms with Crippen molar-refractivity contribution < 1.29 is 14.3 Å². The lowest BCUT2D eigenvalue weighted by atomic mass is 9.95. The lowest BCUT2D eigenvalue weighted by Gasteiger charge is -2.13. The normalized spacial score (nSPS) is 12.8. The highest BCUT2D eigenvalue weighted by Crippen LogP contribution is 2.38. The number of ether oxygens (including phenoxy) is 1. The molecular formula is C21H24N2O3S. The van der Waals surface area contributed by atoms with Gasteiger partial charge in [-0.1, -0.05) is 18.2 Å². The van der Waals surface area contributed by atoms with E-state index in [4.69, 9.17) is 4.74 Å². The van der Waals surface area contributed by atoms with Gasteiger partial charge in [0.1, 0.15) is 10.8 Å². The number of nitrogens with one attached hydrogen (secondary N) is 2. The minimum Gasteiger partial charge on any atom is -0.484 e. The van der Waals surface area contributed by atoms with Crippen LogP contribution in [0.5, 0.6) is 5.75 Å². The fourth-order valence-corrected chi connectivity index (χ4v) is 4.47. The summed E-state index contributed by atoms with van der Waals surface area (Å²) in [7, 11) is 0. The van der Waals surface area contributed by atoms with Crippen molar-refractivity contribution in [2.45, 2.75) is 32.6 Å².